The van der Waals surface area contributed by atoms with Crippen molar-refractivity contribution in [2.45, 2.75) is 6.42 Å². The van der Waals surface area contributed by atoms with Crippen LogP contribution in [0, 0.1) is 11.8 Å². The Kier molecular flexibility index (Phi) is 5.18. The Morgan fingerprint density at radius 1 is 1.28 bits per heavy atom. The van der Waals surface area contributed by atoms with Gasteiger partial charge in [-0.05, 0) is 38.6 Å². The zero-order valence-corrected chi connectivity index (χ0v) is 19.1. The Morgan fingerprint density at radius 3 is 2.88 bits per heavy atom. The highest BCUT2D eigenvalue weighted by atomic mass is 32.1. The van der Waals surface area contributed by atoms with Crippen LogP contribution >= 0.6 is 11.3 Å². The summed E-state index contributed by atoms with van der Waals surface area (Å²) in [5.41, 5.74) is 4.57. The van der Waals surface area contributed by atoms with E-state index in [2.05, 4.69) is 30.2 Å². The molecule has 2 unspecified atom stereocenters. The molecule has 1 saturated carbocycles. The van der Waals surface area contributed by atoms with Crippen LogP contribution < -0.4 is 14.8 Å². The summed E-state index contributed by atoms with van der Waals surface area (Å²) < 4.78 is 12.2. The minimum atomic E-state index is 0.0265. The normalized spacial score (nSPS) is 17.8. The van der Waals surface area contributed by atoms with Crippen molar-refractivity contribution in [1.29, 1.82) is 0 Å². The van der Waals surface area contributed by atoms with Gasteiger partial charge in [0.15, 0.2) is 11.4 Å². The van der Waals surface area contributed by atoms with Gasteiger partial charge >= 0.3 is 0 Å². The number of aromatic amines is 1. The van der Waals surface area contributed by atoms with Crippen LogP contribution in [-0.4, -0.2) is 65.6 Å². The molecule has 0 saturated heterocycles. The van der Waals surface area contributed by atoms with Crippen LogP contribution in [0.3, 0.4) is 0 Å². The third kappa shape index (κ3) is 3.55. The topological polar surface area (TPSA) is 105 Å². The van der Waals surface area contributed by atoms with Gasteiger partial charge in [0.05, 0.1) is 25.3 Å². The van der Waals surface area contributed by atoms with Crippen molar-refractivity contribution in [1.82, 2.24) is 24.8 Å². The number of carbonyl (C=O) groups is 1. The summed E-state index contributed by atoms with van der Waals surface area (Å²) in [5, 5.41) is 3.83. The SMILES string of the molecule is COc1nc2ncsc2c(OC)c1-c1c[nH]c2nc(NC(=O)C3CC3CN(C)C)ccc12. The number of ether oxygens (including phenoxy) is 2. The fourth-order valence-electron chi connectivity index (χ4n) is 4.16. The minimum Gasteiger partial charge on any atom is -0.494 e. The highest BCUT2D eigenvalue weighted by Crippen LogP contribution is 2.45. The summed E-state index contributed by atoms with van der Waals surface area (Å²) in [5.74, 6) is 2.12. The number of H-pyrrole nitrogens is 1. The number of pyridine rings is 2. The largest absolute Gasteiger partial charge is 0.494 e. The zero-order chi connectivity index (χ0) is 22.4. The molecular weight excluding hydrogens is 428 g/mol. The monoisotopic (exact) mass is 452 g/mol. The maximum Gasteiger partial charge on any atom is 0.228 e. The predicted octanol–water partition coefficient (Wildman–Crippen LogP) is 3.39. The molecule has 1 aliphatic rings. The summed E-state index contributed by atoms with van der Waals surface area (Å²) in [4.78, 5) is 31.3. The second-order valence-corrected chi connectivity index (χ2v) is 9.04. The number of methoxy groups -OCH3 is 2. The number of hydrogen-bond donors (Lipinski definition) is 2. The number of nitrogens with one attached hydrogen (secondary N) is 2. The number of rotatable bonds is 7. The molecule has 0 aromatic carbocycles. The molecule has 166 valence electrons. The molecule has 4 heterocycles. The van der Waals surface area contributed by atoms with E-state index in [9.17, 15) is 4.79 Å². The van der Waals surface area contributed by atoms with E-state index < -0.39 is 0 Å². The minimum absolute atomic E-state index is 0.0265. The summed E-state index contributed by atoms with van der Waals surface area (Å²) >= 11 is 1.47. The quantitative estimate of drug-likeness (QED) is 0.443. The van der Waals surface area contributed by atoms with Crippen LogP contribution in [0.1, 0.15) is 6.42 Å². The average molecular weight is 453 g/mol. The molecule has 0 aliphatic heterocycles. The molecule has 0 spiro atoms. The lowest BCUT2D eigenvalue weighted by molar-refractivity contribution is -0.117. The molecule has 10 heteroatoms. The van der Waals surface area contributed by atoms with Gasteiger partial charge in [-0.25, -0.2) is 9.97 Å². The van der Waals surface area contributed by atoms with Crippen molar-refractivity contribution in [3.63, 3.8) is 0 Å². The van der Waals surface area contributed by atoms with E-state index >= 15 is 0 Å². The highest BCUT2D eigenvalue weighted by molar-refractivity contribution is 7.17. The Balaban J connectivity index is 1.47. The lowest BCUT2D eigenvalue weighted by Crippen LogP contribution is -2.20. The number of aromatic nitrogens is 4. The maximum absolute atomic E-state index is 12.6. The smallest absolute Gasteiger partial charge is 0.228 e. The van der Waals surface area contributed by atoms with E-state index in [4.69, 9.17) is 9.47 Å². The fraction of sp³-hybridized carbons (Fsp3) is 0.364. The first-order valence-electron chi connectivity index (χ1n) is 10.3. The van der Waals surface area contributed by atoms with Gasteiger partial charge in [-0.3, -0.25) is 4.79 Å². The lowest BCUT2D eigenvalue weighted by atomic mass is 10.1. The Morgan fingerprint density at radius 2 is 2.12 bits per heavy atom. The third-order valence-corrected chi connectivity index (χ3v) is 6.53. The van der Waals surface area contributed by atoms with Crippen molar-refractivity contribution < 1.29 is 14.3 Å². The molecular formula is C22H24N6O3S. The Labute approximate surface area is 188 Å². The first-order chi connectivity index (χ1) is 15.5. The van der Waals surface area contributed by atoms with Crippen molar-refractivity contribution in [2.75, 3.05) is 40.2 Å². The molecule has 2 N–H and O–H groups in total. The summed E-state index contributed by atoms with van der Waals surface area (Å²) in [7, 11) is 7.25. The number of hydrogen-bond acceptors (Lipinski definition) is 8. The van der Waals surface area contributed by atoms with Gasteiger partial charge in [0.25, 0.3) is 0 Å². The molecule has 0 bridgehead atoms. The molecule has 4 aromatic heterocycles. The molecule has 4 aromatic rings. The fourth-order valence-corrected chi connectivity index (χ4v) is 4.91. The molecule has 1 amide bonds. The predicted molar refractivity (Wildman–Crippen MR) is 124 cm³/mol. The van der Waals surface area contributed by atoms with Gasteiger partial charge in [0.2, 0.25) is 11.8 Å². The third-order valence-electron chi connectivity index (χ3n) is 5.72. The second-order valence-electron chi connectivity index (χ2n) is 8.18. The van der Waals surface area contributed by atoms with Crippen molar-refractivity contribution >= 4 is 44.4 Å². The van der Waals surface area contributed by atoms with Crippen LogP contribution in [-0.2, 0) is 4.79 Å². The van der Waals surface area contributed by atoms with Gasteiger partial charge in [0, 0.05) is 29.6 Å². The lowest BCUT2D eigenvalue weighted by Gasteiger charge is -2.12. The molecule has 5 rings (SSSR count). The average Bonchev–Trinajstić information content (AvgIpc) is 3.18. The first kappa shape index (κ1) is 20.7. The van der Waals surface area contributed by atoms with Gasteiger partial charge in [0.1, 0.15) is 16.2 Å². The van der Waals surface area contributed by atoms with Crippen molar-refractivity contribution in [2.24, 2.45) is 11.8 Å². The van der Waals surface area contributed by atoms with Crippen LogP contribution in [0.2, 0.25) is 0 Å². The van der Waals surface area contributed by atoms with E-state index in [1.54, 1.807) is 19.7 Å². The van der Waals surface area contributed by atoms with Crippen LogP contribution in [0.5, 0.6) is 11.6 Å². The molecule has 1 fully saturated rings. The number of carbonyl (C=O) groups excluding carboxylic acids is 1. The van der Waals surface area contributed by atoms with Gasteiger partial charge in [-0.15, -0.1) is 11.3 Å². The molecule has 1 aliphatic carbocycles. The van der Waals surface area contributed by atoms with Gasteiger partial charge < -0.3 is 24.7 Å². The first-order valence-corrected chi connectivity index (χ1v) is 11.2. The summed E-state index contributed by atoms with van der Waals surface area (Å²) in [6.07, 6.45) is 2.78. The molecule has 0 radical (unpaired) electrons. The standard InChI is InChI=1S/C22H24N6O3S/c1-28(2)9-11-7-13(11)21(29)26-15-6-5-12-14(8-23-19(12)25-15)16-17(30-3)18-20(24-10-32-18)27-22(16)31-4/h5-6,8,10-11,13H,7,9H2,1-4H3,(H2,23,25,26,29). The van der Waals surface area contributed by atoms with E-state index in [1.165, 1.54) is 11.3 Å². The molecule has 2 atom stereocenters. The second kappa shape index (κ2) is 8.03. The van der Waals surface area contributed by atoms with Gasteiger partial charge in [-0.2, -0.15) is 4.98 Å². The summed E-state index contributed by atoms with van der Waals surface area (Å²) in [6.45, 7) is 0.923. The molecule has 9 nitrogen and oxygen atoms in total. The van der Waals surface area contributed by atoms with E-state index in [0.29, 0.717) is 34.7 Å². The molecule has 32 heavy (non-hydrogen) atoms. The van der Waals surface area contributed by atoms with Crippen molar-refractivity contribution in [3.8, 4) is 22.8 Å². The van der Waals surface area contributed by atoms with Crippen LogP contribution in [0.15, 0.2) is 23.8 Å². The zero-order valence-electron chi connectivity index (χ0n) is 18.3. The highest BCUT2D eigenvalue weighted by Gasteiger charge is 2.43. The number of amides is 1. The number of fused-ring (bicyclic) bond motifs is 2. The number of nitrogens with zero attached hydrogens (tertiary/aromatic N) is 4. The Hall–Kier alpha value is -3.24. The maximum atomic E-state index is 12.6. The number of anilines is 1. The van der Waals surface area contributed by atoms with E-state index in [1.807, 2.05) is 32.4 Å². The Bertz CT molecular complexity index is 1310. The van der Waals surface area contributed by atoms with Crippen LogP contribution in [0.25, 0.3) is 32.5 Å². The summed E-state index contributed by atoms with van der Waals surface area (Å²) in [6, 6.07) is 3.75. The number of thiazole rings is 1. The van der Waals surface area contributed by atoms with Gasteiger partial charge in [-0.1, -0.05) is 0 Å². The van der Waals surface area contributed by atoms with Crippen molar-refractivity contribution in [3.05, 3.63) is 23.8 Å². The van der Waals surface area contributed by atoms with E-state index in [-0.39, 0.29) is 11.8 Å². The van der Waals surface area contributed by atoms with Crippen LogP contribution in [0.4, 0.5) is 5.82 Å². The van der Waals surface area contributed by atoms with E-state index in [0.717, 1.165) is 34.2 Å².